The molecular weight excluding hydrogens is 534 g/mol. The van der Waals surface area contributed by atoms with Crippen LogP contribution in [-0.2, 0) is 25.6 Å². The molecule has 9 rings (SSSR count). The maximum Gasteiger partial charge on any atom is 0.155 e. The van der Waals surface area contributed by atoms with E-state index >= 15 is 0 Å². The monoisotopic (exact) mass is 585 g/mol. The van der Waals surface area contributed by atoms with Crippen LogP contribution >= 0.6 is 0 Å². The third kappa shape index (κ3) is 3.74. The Morgan fingerprint density at radius 3 is 2.72 bits per heavy atom. The molecule has 1 aromatic rings. The summed E-state index contributed by atoms with van der Waals surface area (Å²) in [5.41, 5.74) is 4.12. The van der Waals surface area contributed by atoms with Gasteiger partial charge in [0.2, 0.25) is 0 Å². The molecule has 2 heterocycles. The normalized spacial score (nSPS) is 48.9. The molecule has 2 saturated heterocycles. The number of fused-ring (bicyclic) bond motifs is 6. The summed E-state index contributed by atoms with van der Waals surface area (Å²) >= 11 is 0. The van der Waals surface area contributed by atoms with Crippen LogP contribution in [-0.4, -0.2) is 61.3 Å². The Hall–Kier alpha value is -1.53. The van der Waals surface area contributed by atoms with Gasteiger partial charge < -0.3 is 14.2 Å². The van der Waals surface area contributed by atoms with Crippen molar-refractivity contribution in [1.82, 2.24) is 4.90 Å². The maximum absolute atomic E-state index is 12.3. The van der Waals surface area contributed by atoms with E-state index in [2.05, 4.69) is 49.1 Å². The molecule has 0 aromatic heterocycles. The van der Waals surface area contributed by atoms with Crippen LogP contribution in [0.4, 0.5) is 0 Å². The van der Waals surface area contributed by atoms with Crippen molar-refractivity contribution in [3.63, 3.8) is 0 Å². The molecule has 5 heteroatoms. The summed E-state index contributed by atoms with van der Waals surface area (Å²) in [7, 11) is 0. The Kier molecular flexibility index (Phi) is 6.28. The first kappa shape index (κ1) is 27.8. The molecule has 0 N–H and O–H groups in total. The molecule has 0 radical (unpaired) electrons. The quantitative estimate of drug-likeness (QED) is 0.322. The summed E-state index contributed by atoms with van der Waals surface area (Å²) in [6.45, 7) is 9.90. The third-order valence-corrected chi connectivity index (χ3v) is 14.9. The molecule has 0 bridgehead atoms. The number of carbonyl (C=O) groups excluding carboxylic acids is 1. The summed E-state index contributed by atoms with van der Waals surface area (Å²) in [6.07, 6.45) is 15.0. The number of hydrogen-bond acceptors (Lipinski definition) is 5. The summed E-state index contributed by atoms with van der Waals surface area (Å²) in [4.78, 5) is 15.1. The van der Waals surface area contributed by atoms with Crippen LogP contribution in [0.15, 0.2) is 42.0 Å². The zero-order valence-electron chi connectivity index (χ0n) is 26.4. The first-order valence-corrected chi connectivity index (χ1v) is 17.7. The zero-order valence-corrected chi connectivity index (χ0v) is 26.4. The lowest BCUT2D eigenvalue weighted by Crippen LogP contribution is -2.64. The lowest BCUT2D eigenvalue weighted by atomic mass is 9.47. The average Bonchev–Trinajstić information content (AvgIpc) is 3.48. The molecule has 8 aliphatic rings. The summed E-state index contributed by atoms with van der Waals surface area (Å²) in [5.74, 6) is 4.33. The van der Waals surface area contributed by atoms with Gasteiger partial charge in [-0.15, -0.1) is 0 Å². The fourth-order valence-electron chi connectivity index (χ4n) is 13.2. The van der Waals surface area contributed by atoms with Crippen LogP contribution < -0.4 is 0 Å². The van der Waals surface area contributed by atoms with Crippen molar-refractivity contribution >= 4 is 5.78 Å². The van der Waals surface area contributed by atoms with E-state index in [1.165, 1.54) is 69.0 Å². The van der Waals surface area contributed by atoms with E-state index < -0.39 is 0 Å². The van der Waals surface area contributed by atoms with Crippen LogP contribution in [0.3, 0.4) is 0 Å². The molecule has 5 nitrogen and oxygen atoms in total. The maximum atomic E-state index is 12.3. The van der Waals surface area contributed by atoms with Crippen LogP contribution in [0.2, 0.25) is 0 Å². The van der Waals surface area contributed by atoms with E-state index in [9.17, 15) is 4.79 Å². The Labute approximate surface area is 258 Å². The van der Waals surface area contributed by atoms with Gasteiger partial charge in [0.25, 0.3) is 0 Å². The van der Waals surface area contributed by atoms with Gasteiger partial charge in [-0.1, -0.05) is 49.8 Å². The van der Waals surface area contributed by atoms with E-state index in [0.717, 1.165) is 43.7 Å². The highest BCUT2D eigenvalue weighted by atomic mass is 16.5. The Morgan fingerprint density at radius 1 is 0.977 bits per heavy atom. The minimum absolute atomic E-state index is 0.142. The van der Waals surface area contributed by atoms with E-state index in [0.29, 0.717) is 60.4 Å². The van der Waals surface area contributed by atoms with Crippen molar-refractivity contribution in [2.24, 2.45) is 45.8 Å². The zero-order chi connectivity index (χ0) is 29.0. The average molecular weight is 586 g/mol. The smallest absolute Gasteiger partial charge is 0.155 e. The molecule has 3 spiro atoms. The number of piperidine rings is 1. The van der Waals surface area contributed by atoms with Gasteiger partial charge in [-0.05, 0) is 104 Å². The fraction of sp³-hybridized carbons (Fsp3) is 0.763. The van der Waals surface area contributed by atoms with Crippen molar-refractivity contribution in [2.45, 2.75) is 102 Å². The number of benzene rings is 1. The van der Waals surface area contributed by atoms with E-state index in [4.69, 9.17) is 14.2 Å². The van der Waals surface area contributed by atoms with Gasteiger partial charge in [-0.25, -0.2) is 0 Å². The molecule has 3 unspecified atom stereocenters. The van der Waals surface area contributed by atoms with Crippen molar-refractivity contribution < 1.29 is 19.0 Å². The van der Waals surface area contributed by atoms with Gasteiger partial charge in [0.1, 0.15) is 0 Å². The van der Waals surface area contributed by atoms with Crippen molar-refractivity contribution in [3.8, 4) is 0 Å². The molecular formula is C38H51NO4. The predicted molar refractivity (Wildman–Crippen MR) is 165 cm³/mol. The predicted octanol–water partition coefficient (Wildman–Crippen LogP) is 6.60. The van der Waals surface area contributed by atoms with Gasteiger partial charge >= 0.3 is 0 Å². The second kappa shape index (κ2) is 9.74. The minimum atomic E-state index is 0.142. The van der Waals surface area contributed by atoms with Crippen LogP contribution in [0, 0.1) is 45.8 Å². The first-order valence-electron chi connectivity index (χ1n) is 17.7. The van der Waals surface area contributed by atoms with Gasteiger partial charge in [0.05, 0.1) is 38.1 Å². The van der Waals surface area contributed by atoms with Gasteiger partial charge in [0.15, 0.2) is 5.78 Å². The number of likely N-dealkylation sites (tertiary alicyclic amines) is 1. The van der Waals surface area contributed by atoms with Gasteiger partial charge in [-0.2, -0.15) is 0 Å². The second-order valence-corrected chi connectivity index (χ2v) is 16.5. The molecule has 43 heavy (non-hydrogen) atoms. The minimum Gasteiger partial charge on any atom is -0.378 e. The van der Waals surface area contributed by atoms with E-state index in [1.807, 2.05) is 6.07 Å². The Morgan fingerprint density at radius 2 is 1.84 bits per heavy atom. The molecule has 11 atom stereocenters. The molecule has 6 aliphatic carbocycles. The summed E-state index contributed by atoms with van der Waals surface area (Å²) < 4.78 is 19.4. The van der Waals surface area contributed by atoms with E-state index in [1.54, 1.807) is 0 Å². The Bertz CT molecular complexity index is 1310. The van der Waals surface area contributed by atoms with Gasteiger partial charge in [0, 0.05) is 36.9 Å². The van der Waals surface area contributed by atoms with Crippen LogP contribution in [0.5, 0.6) is 0 Å². The summed E-state index contributed by atoms with van der Waals surface area (Å²) in [5, 5.41) is 0. The number of allylic oxidation sites excluding steroid dienone is 2. The number of carbonyl (C=O) groups is 1. The number of ketones is 1. The molecule has 2 aliphatic heterocycles. The van der Waals surface area contributed by atoms with Crippen molar-refractivity contribution in [3.05, 3.63) is 47.5 Å². The molecule has 5 saturated carbocycles. The van der Waals surface area contributed by atoms with Gasteiger partial charge in [-0.3, -0.25) is 9.69 Å². The lowest BCUT2D eigenvalue weighted by Gasteiger charge is -2.60. The Balaban J connectivity index is 0.863. The number of hydrogen-bond donors (Lipinski definition) is 0. The van der Waals surface area contributed by atoms with Crippen molar-refractivity contribution in [1.29, 1.82) is 0 Å². The van der Waals surface area contributed by atoms with Crippen LogP contribution in [0.1, 0.15) is 83.6 Å². The summed E-state index contributed by atoms with van der Waals surface area (Å²) in [6, 6.07) is 11.0. The molecule has 232 valence electrons. The first-order chi connectivity index (χ1) is 20.9. The number of ether oxygens (including phenoxy) is 3. The number of rotatable bonds is 8. The highest BCUT2D eigenvalue weighted by Gasteiger charge is 2.91. The molecule has 7 fully saturated rings. The lowest BCUT2D eigenvalue weighted by molar-refractivity contribution is -0.211. The third-order valence-electron chi connectivity index (χ3n) is 14.9. The van der Waals surface area contributed by atoms with E-state index in [-0.39, 0.29) is 11.0 Å². The molecule has 0 amide bonds. The highest BCUT2D eigenvalue weighted by molar-refractivity contribution is 5.91. The largest absolute Gasteiger partial charge is 0.378 e. The number of nitrogens with zero attached hydrogens (tertiary/aromatic N) is 1. The standard InChI is InChI=1S/C38H51NO4/c1-25-18-33-34(39(22-25)14-15-41-16-17-42-23-26-6-4-3-5-7-26)32-21-37-24-36(37)20-31-29(30(36)11-13-38(32,37)43-33)9-8-27-19-28(40)10-12-35(27,31)2/h3-7,19,25,29-34H,8-18,20-24H2,1-2H3/t25-,29-,30-,31-,32+,33+,34-,35?,36?,37?,38+/m0/s1. The second-order valence-electron chi connectivity index (χ2n) is 16.5. The van der Waals surface area contributed by atoms with Crippen molar-refractivity contribution in [2.75, 3.05) is 32.9 Å². The SMILES string of the molecule is C[C@H]1C[C@H]2O[C@@]34CC[C@H]5[C@@H]6CCC7=CC(=O)CCC7(C)[C@H]6CC56CC63C[C@@H]4[C@@H]2N(CCOCCOCc2ccccc2)C1. The highest BCUT2D eigenvalue weighted by Crippen LogP contribution is 2.93. The molecule has 1 aromatic carbocycles. The topological polar surface area (TPSA) is 48.0 Å². The fourth-order valence-corrected chi connectivity index (χ4v) is 13.2. The van der Waals surface area contributed by atoms with Crippen LogP contribution in [0.25, 0.3) is 0 Å².